The summed E-state index contributed by atoms with van der Waals surface area (Å²) < 4.78 is 0. The Hall–Kier alpha value is -1.56. The molecule has 0 nitrogen and oxygen atoms in total. The third-order valence-electron chi connectivity index (χ3n) is 3.47. The van der Waals surface area contributed by atoms with E-state index in [0.29, 0.717) is 5.41 Å². The van der Waals surface area contributed by atoms with Crippen LogP contribution in [0, 0.1) is 12.3 Å². The molecule has 19 heavy (non-hydrogen) atoms. The first-order valence-corrected chi connectivity index (χ1v) is 7.10. The minimum atomic E-state index is 0.412. The average molecular weight is 252 g/mol. The number of hydrogen-bond acceptors (Lipinski definition) is 0. The van der Waals surface area contributed by atoms with Gasteiger partial charge in [-0.3, -0.25) is 0 Å². The first kappa shape index (κ1) is 13.9. The number of hydrogen-bond donors (Lipinski definition) is 0. The molecule has 0 bridgehead atoms. The Morgan fingerprint density at radius 2 is 1.53 bits per heavy atom. The highest BCUT2D eigenvalue weighted by atomic mass is 14.1. The molecule has 2 aromatic rings. The Bertz CT molecular complexity index is 527. The largest absolute Gasteiger partial charge is 0.0614 e. The minimum Gasteiger partial charge on any atom is -0.0614 e. The van der Waals surface area contributed by atoms with Crippen LogP contribution in [0.25, 0.3) is 11.1 Å². The summed E-state index contributed by atoms with van der Waals surface area (Å²) in [6.45, 7) is 9.04. The summed E-state index contributed by atoms with van der Waals surface area (Å²) in [5, 5.41) is 0. The van der Waals surface area contributed by atoms with Crippen LogP contribution in [-0.2, 0) is 6.42 Å². The van der Waals surface area contributed by atoms with Gasteiger partial charge in [-0.25, -0.2) is 0 Å². The summed E-state index contributed by atoms with van der Waals surface area (Å²) in [4.78, 5) is 0. The maximum Gasteiger partial charge on any atom is -0.0181 e. The molecule has 0 aliphatic carbocycles. The third kappa shape index (κ3) is 4.24. The van der Waals surface area contributed by atoms with E-state index in [1.165, 1.54) is 28.7 Å². The Balaban J connectivity index is 2.10. The smallest absolute Gasteiger partial charge is 0.0181 e. The lowest BCUT2D eigenvalue weighted by Gasteiger charge is -2.17. The summed E-state index contributed by atoms with van der Waals surface area (Å²) in [6, 6.07) is 17.7. The van der Waals surface area contributed by atoms with Crippen LogP contribution in [0.5, 0.6) is 0 Å². The Kier molecular flexibility index (Phi) is 4.09. The molecular formula is C19H24. The van der Waals surface area contributed by atoms with E-state index in [0.717, 1.165) is 6.42 Å². The fraction of sp³-hybridized carbons (Fsp3) is 0.368. The second-order valence-corrected chi connectivity index (χ2v) is 6.63. The van der Waals surface area contributed by atoms with Crippen LogP contribution in [0.1, 0.15) is 38.3 Å². The van der Waals surface area contributed by atoms with Gasteiger partial charge in [0.1, 0.15) is 0 Å². The zero-order chi connectivity index (χ0) is 13.9. The average Bonchev–Trinajstić information content (AvgIpc) is 2.36. The fourth-order valence-electron chi connectivity index (χ4n) is 2.21. The zero-order valence-electron chi connectivity index (χ0n) is 12.5. The monoisotopic (exact) mass is 252 g/mol. The van der Waals surface area contributed by atoms with Crippen LogP contribution in [0.4, 0.5) is 0 Å². The van der Waals surface area contributed by atoms with Crippen molar-refractivity contribution in [3.05, 3.63) is 59.7 Å². The lowest BCUT2D eigenvalue weighted by molar-refractivity contribution is 0.378. The number of aryl methyl sites for hydroxylation is 2. The molecule has 0 radical (unpaired) electrons. The summed E-state index contributed by atoms with van der Waals surface area (Å²) in [7, 11) is 0. The molecule has 0 amide bonds. The quantitative estimate of drug-likeness (QED) is 0.663. The molecule has 0 saturated carbocycles. The van der Waals surface area contributed by atoms with Gasteiger partial charge in [-0.1, -0.05) is 74.9 Å². The van der Waals surface area contributed by atoms with Crippen LogP contribution in [-0.4, -0.2) is 0 Å². The van der Waals surface area contributed by atoms with E-state index in [9.17, 15) is 0 Å². The molecule has 0 fully saturated rings. The van der Waals surface area contributed by atoms with Crippen molar-refractivity contribution in [2.45, 2.75) is 40.5 Å². The van der Waals surface area contributed by atoms with Crippen LogP contribution in [0.15, 0.2) is 48.5 Å². The van der Waals surface area contributed by atoms with Crippen molar-refractivity contribution in [1.29, 1.82) is 0 Å². The van der Waals surface area contributed by atoms with Gasteiger partial charge in [0.2, 0.25) is 0 Å². The predicted octanol–water partition coefficient (Wildman–Crippen LogP) is 5.64. The van der Waals surface area contributed by atoms with Gasteiger partial charge in [-0.05, 0) is 41.9 Å². The minimum absolute atomic E-state index is 0.412. The Morgan fingerprint density at radius 3 is 2.11 bits per heavy atom. The molecule has 0 aliphatic rings. The summed E-state index contributed by atoms with van der Waals surface area (Å²) in [5.74, 6) is 0. The SMILES string of the molecule is Cc1cccc(-c2ccc(CCC(C)(C)C)cc2)c1. The van der Waals surface area contributed by atoms with Crippen molar-refractivity contribution >= 4 is 0 Å². The fourth-order valence-corrected chi connectivity index (χ4v) is 2.21. The van der Waals surface area contributed by atoms with Gasteiger partial charge in [0.15, 0.2) is 0 Å². The van der Waals surface area contributed by atoms with E-state index in [1.807, 2.05) is 0 Å². The predicted molar refractivity (Wildman–Crippen MR) is 84.4 cm³/mol. The second kappa shape index (κ2) is 5.61. The van der Waals surface area contributed by atoms with Crippen LogP contribution in [0.3, 0.4) is 0 Å². The van der Waals surface area contributed by atoms with Crippen LogP contribution < -0.4 is 0 Å². The molecule has 100 valence electrons. The highest BCUT2D eigenvalue weighted by Gasteiger charge is 2.09. The second-order valence-electron chi connectivity index (χ2n) is 6.63. The zero-order valence-corrected chi connectivity index (χ0v) is 12.5. The van der Waals surface area contributed by atoms with Crippen molar-refractivity contribution in [3.8, 4) is 11.1 Å². The summed E-state index contributed by atoms with van der Waals surface area (Å²) in [6.07, 6.45) is 2.40. The molecular weight excluding hydrogens is 228 g/mol. The molecule has 0 saturated heterocycles. The molecule has 2 rings (SSSR count). The van der Waals surface area contributed by atoms with Gasteiger partial charge in [-0.2, -0.15) is 0 Å². The van der Waals surface area contributed by atoms with E-state index in [1.54, 1.807) is 0 Å². The van der Waals surface area contributed by atoms with Gasteiger partial charge in [0.25, 0.3) is 0 Å². The van der Waals surface area contributed by atoms with E-state index < -0.39 is 0 Å². The first-order valence-electron chi connectivity index (χ1n) is 7.10. The van der Waals surface area contributed by atoms with Gasteiger partial charge < -0.3 is 0 Å². The van der Waals surface area contributed by atoms with Gasteiger partial charge in [0, 0.05) is 0 Å². The van der Waals surface area contributed by atoms with Crippen molar-refractivity contribution in [3.63, 3.8) is 0 Å². The van der Waals surface area contributed by atoms with Crippen molar-refractivity contribution in [2.24, 2.45) is 5.41 Å². The van der Waals surface area contributed by atoms with Gasteiger partial charge in [-0.15, -0.1) is 0 Å². The third-order valence-corrected chi connectivity index (χ3v) is 3.47. The molecule has 0 aliphatic heterocycles. The first-order chi connectivity index (χ1) is 8.94. The number of benzene rings is 2. The standard InChI is InChI=1S/C19H24/c1-15-6-5-7-18(14-15)17-10-8-16(9-11-17)12-13-19(2,3)4/h5-11,14H,12-13H2,1-4H3. The van der Waals surface area contributed by atoms with Crippen molar-refractivity contribution < 1.29 is 0 Å². The summed E-state index contributed by atoms with van der Waals surface area (Å²) >= 11 is 0. The molecule has 0 heterocycles. The molecule has 0 N–H and O–H groups in total. The topological polar surface area (TPSA) is 0 Å². The van der Waals surface area contributed by atoms with E-state index in [2.05, 4.69) is 76.2 Å². The molecule has 0 aromatic heterocycles. The molecule has 0 atom stereocenters. The van der Waals surface area contributed by atoms with E-state index in [4.69, 9.17) is 0 Å². The molecule has 0 spiro atoms. The molecule has 0 heteroatoms. The summed E-state index contributed by atoms with van der Waals surface area (Å²) in [5.41, 5.74) is 5.78. The van der Waals surface area contributed by atoms with Gasteiger partial charge >= 0.3 is 0 Å². The Morgan fingerprint density at radius 1 is 0.842 bits per heavy atom. The maximum atomic E-state index is 2.30. The maximum absolute atomic E-state index is 2.30. The van der Waals surface area contributed by atoms with Crippen LogP contribution >= 0.6 is 0 Å². The highest BCUT2D eigenvalue weighted by molar-refractivity contribution is 5.64. The molecule has 2 aromatic carbocycles. The van der Waals surface area contributed by atoms with Crippen LogP contribution in [0.2, 0.25) is 0 Å². The lowest BCUT2D eigenvalue weighted by atomic mass is 9.88. The Labute approximate surface area is 117 Å². The highest BCUT2D eigenvalue weighted by Crippen LogP contribution is 2.24. The number of rotatable bonds is 3. The van der Waals surface area contributed by atoms with E-state index in [-0.39, 0.29) is 0 Å². The lowest BCUT2D eigenvalue weighted by Crippen LogP contribution is -2.06. The van der Waals surface area contributed by atoms with Crippen molar-refractivity contribution in [2.75, 3.05) is 0 Å². The van der Waals surface area contributed by atoms with E-state index >= 15 is 0 Å². The normalized spacial score (nSPS) is 11.6. The van der Waals surface area contributed by atoms with Crippen molar-refractivity contribution in [1.82, 2.24) is 0 Å². The molecule has 0 unspecified atom stereocenters. The van der Waals surface area contributed by atoms with Gasteiger partial charge in [0.05, 0.1) is 0 Å².